The van der Waals surface area contributed by atoms with E-state index in [1.165, 1.54) is 11.3 Å². The van der Waals surface area contributed by atoms with Crippen LogP contribution in [0.3, 0.4) is 0 Å². The van der Waals surface area contributed by atoms with Gasteiger partial charge in [-0.05, 0) is 0 Å². The molecule has 1 saturated heterocycles. The second-order valence-electron chi connectivity index (χ2n) is 3.99. The molecule has 2 heterocycles. The molecule has 0 aliphatic carbocycles. The van der Waals surface area contributed by atoms with E-state index in [9.17, 15) is 8.42 Å². The Hall–Kier alpha value is -0.380. The first-order valence-corrected chi connectivity index (χ1v) is 9.33. The molecule has 1 fully saturated rings. The van der Waals surface area contributed by atoms with Gasteiger partial charge in [-0.1, -0.05) is 18.3 Å². The molecule has 2 N–H and O–H groups in total. The Morgan fingerprint density at radius 1 is 1.50 bits per heavy atom. The van der Waals surface area contributed by atoms with Crippen molar-refractivity contribution in [3.63, 3.8) is 0 Å². The predicted molar refractivity (Wildman–Crippen MR) is 75.3 cm³/mol. The number of rotatable bonds is 4. The predicted octanol–water partition coefficient (Wildman–Crippen LogP) is 0.430. The molecule has 6 nitrogen and oxygen atoms in total. The first-order valence-electron chi connectivity index (χ1n) is 5.64. The first-order chi connectivity index (χ1) is 8.53. The minimum Gasteiger partial charge on any atom is -0.374 e. The third-order valence-electron chi connectivity index (χ3n) is 2.83. The Labute approximate surface area is 115 Å². The number of nitrogens with two attached hydrogens (primary N) is 1. The minimum absolute atomic E-state index is 0.174. The lowest BCUT2D eigenvalue weighted by Gasteiger charge is -2.33. The maximum atomic E-state index is 12.0. The lowest BCUT2D eigenvalue weighted by Crippen LogP contribution is -2.47. The van der Waals surface area contributed by atoms with Crippen LogP contribution >= 0.6 is 23.1 Å². The van der Waals surface area contributed by atoms with Crippen LogP contribution in [0.5, 0.6) is 0 Å². The van der Waals surface area contributed by atoms with Crippen molar-refractivity contribution in [1.82, 2.24) is 15.1 Å². The van der Waals surface area contributed by atoms with Crippen molar-refractivity contribution in [3.05, 3.63) is 5.01 Å². The average molecular weight is 308 g/mol. The fraction of sp³-hybridized carbons (Fsp3) is 0.778. The monoisotopic (exact) mass is 308 g/mol. The van der Waals surface area contributed by atoms with Crippen LogP contribution in [0.2, 0.25) is 0 Å². The van der Waals surface area contributed by atoms with E-state index < -0.39 is 15.2 Å². The summed E-state index contributed by atoms with van der Waals surface area (Å²) in [6.07, 6.45) is 0. The quantitative estimate of drug-likeness (QED) is 0.862. The van der Waals surface area contributed by atoms with Crippen LogP contribution in [-0.2, 0) is 16.4 Å². The number of hydrogen-bond acceptors (Lipinski definition) is 8. The third kappa shape index (κ3) is 3.14. The molecule has 0 aromatic carbocycles. The summed E-state index contributed by atoms with van der Waals surface area (Å²) in [7, 11) is -3.05. The van der Waals surface area contributed by atoms with Gasteiger partial charge in [-0.3, -0.25) is 4.90 Å². The van der Waals surface area contributed by atoms with E-state index in [0.29, 0.717) is 17.4 Å². The molecule has 0 amide bonds. The van der Waals surface area contributed by atoms with Crippen molar-refractivity contribution in [2.24, 2.45) is 0 Å². The van der Waals surface area contributed by atoms with E-state index in [4.69, 9.17) is 5.73 Å². The third-order valence-corrected chi connectivity index (χ3v) is 6.90. The average Bonchev–Trinajstić information content (AvgIpc) is 2.75. The molecular weight excluding hydrogens is 292 g/mol. The minimum atomic E-state index is -3.05. The molecule has 1 unspecified atom stereocenters. The Morgan fingerprint density at radius 3 is 2.89 bits per heavy atom. The van der Waals surface area contributed by atoms with E-state index in [0.717, 1.165) is 17.3 Å². The van der Waals surface area contributed by atoms with E-state index in [1.807, 2.05) is 4.90 Å². The largest absolute Gasteiger partial charge is 0.374 e. The zero-order chi connectivity index (χ0) is 13.2. The van der Waals surface area contributed by atoms with Crippen LogP contribution in [0, 0.1) is 0 Å². The summed E-state index contributed by atoms with van der Waals surface area (Å²) in [5, 5.41) is 8.49. The summed E-state index contributed by atoms with van der Waals surface area (Å²) >= 11 is 3.00. The van der Waals surface area contributed by atoms with E-state index >= 15 is 0 Å². The number of nitrogens with zero attached hydrogens (tertiary/aromatic N) is 3. The van der Waals surface area contributed by atoms with Crippen LogP contribution in [0.1, 0.15) is 11.9 Å². The number of nitrogen functional groups attached to an aromatic ring is 1. The number of sulfone groups is 1. The van der Waals surface area contributed by atoms with Gasteiger partial charge in [-0.25, -0.2) is 8.42 Å². The molecule has 1 aromatic rings. The van der Waals surface area contributed by atoms with E-state index in [-0.39, 0.29) is 5.75 Å². The van der Waals surface area contributed by atoms with E-state index in [2.05, 4.69) is 10.2 Å². The number of thioether (sulfide) groups is 1. The van der Waals surface area contributed by atoms with Crippen LogP contribution in [0.4, 0.5) is 5.13 Å². The van der Waals surface area contributed by atoms with Crippen molar-refractivity contribution < 1.29 is 8.42 Å². The number of hydrogen-bond donors (Lipinski definition) is 1. The van der Waals surface area contributed by atoms with Gasteiger partial charge < -0.3 is 5.73 Å². The van der Waals surface area contributed by atoms with Crippen molar-refractivity contribution in [2.45, 2.75) is 18.8 Å². The van der Waals surface area contributed by atoms with Gasteiger partial charge in [0.05, 0.1) is 6.54 Å². The summed E-state index contributed by atoms with van der Waals surface area (Å²) in [6.45, 7) is 2.96. The van der Waals surface area contributed by atoms with Gasteiger partial charge in [0.2, 0.25) is 5.13 Å². The molecule has 2 rings (SSSR count). The smallest absolute Gasteiger partial charge is 0.203 e. The molecule has 9 heteroatoms. The summed E-state index contributed by atoms with van der Waals surface area (Å²) in [4.78, 5) is 1.97. The normalized spacial score (nSPS) is 22.2. The molecule has 1 aliphatic heterocycles. The fourth-order valence-electron chi connectivity index (χ4n) is 1.82. The highest BCUT2D eigenvalue weighted by atomic mass is 32.2. The lowest BCUT2D eigenvalue weighted by atomic mass is 10.4. The number of aromatic nitrogens is 2. The van der Waals surface area contributed by atoms with E-state index in [1.54, 1.807) is 18.7 Å². The van der Waals surface area contributed by atoms with Gasteiger partial charge >= 0.3 is 0 Å². The van der Waals surface area contributed by atoms with Crippen LogP contribution in [-0.4, -0.2) is 52.7 Å². The second kappa shape index (κ2) is 5.72. The summed E-state index contributed by atoms with van der Waals surface area (Å²) in [5.41, 5.74) is 5.53. The molecule has 102 valence electrons. The molecular formula is C9H16N4O2S3. The van der Waals surface area contributed by atoms with Gasteiger partial charge in [0.25, 0.3) is 0 Å². The summed E-state index contributed by atoms with van der Waals surface area (Å²) in [6, 6.07) is 0. The Morgan fingerprint density at radius 2 is 2.28 bits per heavy atom. The van der Waals surface area contributed by atoms with Crippen molar-refractivity contribution in [3.8, 4) is 0 Å². The molecule has 1 aromatic heterocycles. The Balaban J connectivity index is 2.13. The van der Waals surface area contributed by atoms with Crippen LogP contribution < -0.4 is 5.73 Å². The van der Waals surface area contributed by atoms with Crippen molar-refractivity contribution in [1.29, 1.82) is 0 Å². The highest BCUT2D eigenvalue weighted by Gasteiger charge is 2.33. The molecule has 0 radical (unpaired) electrons. The standard InChI is InChI=1S/C9H16N4O2S3/c1-2-18(14,15)8-6-16-4-3-13(8)5-7-11-12-9(10)17-7/h8H,2-6H2,1H3,(H2,10,12). The number of anilines is 1. The second-order valence-corrected chi connectivity index (χ2v) is 8.68. The first kappa shape index (κ1) is 14.0. The molecule has 0 spiro atoms. The van der Waals surface area contributed by atoms with Gasteiger partial charge in [0.15, 0.2) is 9.84 Å². The molecule has 1 aliphatic rings. The zero-order valence-electron chi connectivity index (χ0n) is 10.1. The van der Waals surface area contributed by atoms with Gasteiger partial charge in [-0.15, -0.1) is 10.2 Å². The molecule has 0 saturated carbocycles. The summed E-state index contributed by atoms with van der Waals surface area (Å²) in [5.74, 6) is 1.75. The SMILES string of the molecule is CCS(=O)(=O)C1CSCCN1Cc1nnc(N)s1. The fourth-order valence-corrected chi connectivity index (χ4v) is 5.54. The van der Waals surface area contributed by atoms with Gasteiger partial charge in [0, 0.05) is 23.8 Å². The lowest BCUT2D eigenvalue weighted by molar-refractivity contribution is 0.261. The Bertz CT molecular complexity index is 502. The van der Waals surface area contributed by atoms with Crippen molar-refractivity contribution >= 4 is 38.1 Å². The maximum Gasteiger partial charge on any atom is 0.203 e. The highest BCUT2D eigenvalue weighted by molar-refractivity contribution is 8.01. The van der Waals surface area contributed by atoms with Crippen LogP contribution in [0.25, 0.3) is 0 Å². The van der Waals surface area contributed by atoms with Crippen LogP contribution in [0.15, 0.2) is 0 Å². The maximum absolute atomic E-state index is 12.0. The van der Waals surface area contributed by atoms with Gasteiger partial charge in [0.1, 0.15) is 10.4 Å². The molecule has 0 bridgehead atoms. The zero-order valence-corrected chi connectivity index (χ0v) is 12.5. The topological polar surface area (TPSA) is 89.2 Å². The van der Waals surface area contributed by atoms with Gasteiger partial charge in [-0.2, -0.15) is 11.8 Å². The highest BCUT2D eigenvalue weighted by Crippen LogP contribution is 2.24. The van der Waals surface area contributed by atoms with Crippen molar-refractivity contribution in [2.75, 3.05) is 29.5 Å². The summed E-state index contributed by atoms with van der Waals surface area (Å²) < 4.78 is 24.1. The Kier molecular flexibility index (Phi) is 4.46. The molecule has 1 atom stereocenters. The molecule has 18 heavy (non-hydrogen) atoms.